The van der Waals surface area contributed by atoms with E-state index in [4.69, 9.17) is 24.4 Å². The molecule has 6 aliphatic heterocycles. The van der Waals surface area contributed by atoms with Crippen molar-refractivity contribution in [1.82, 2.24) is 41.5 Å². The Morgan fingerprint density at radius 2 is 0.912 bits per heavy atom. The molecule has 8 rings (SSSR count). The van der Waals surface area contributed by atoms with Crippen molar-refractivity contribution in [2.24, 2.45) is 33.9 Å². The van der Waals surface area contributed by atoms with Gasteiger partial charge in [-0.05, 0) is 82.5 Å². The summed E-state index contributed by atoms with van der Waals surface area (Å²) < 4.78 is 16.2. The van der Waals surface area contributed by atoms with Gasteiger partial charge in [0.25, 0.3) is 0 Å². The predicted octanol–water partition coefficient (Wildman–Crippen LogP) is 0.735. The molecule has 396 valence electrons. The van der Waals surface area contributed by atoms with Crippen LogP contribution in [0.5, 0.6) is 0 Å². The van der Waals surface area contributed by atoms with E-state index in [2.05, 4.69) is 37.0 Å². The van der Waals surface area contributed by atoms with Crippen LogP contribution in [0, 0.1) is 23.7 Å². The van der Waals surface area contributed by atoms with Gasteiger partial charge in [-0.25, -0.2) is 34.8 Å². The molecule has 6 saturated heterocycles. The Bertz CT molecular complexity index is 1870. The number of likely N-dealkylation sites (tertiary alicyclic amines) is 3. The Labute approximate surface area is 374 Å². The summed E-state index contributed by atoms with van der Waals surface area (Å²) >= 11 is 0. The number of rotatable bonds is 8. The van der Waals surface area contributed by atoms with Crippen molar-refractivity contribution in [3.8, 4) is 0 Å². The molecule has 0 aromatic heterocycles. The van der Waals surface area contributed by atoms with Crippen LogP contribution in [0.2, 0.25) is 0 Å². The summed E-state index contributed by atoms with van der Waals surface area (Å²) in [6.07, 6.45) is 4.59. The molecule has 0 aromatic rings. The molecule has 6 heterocycles. The molecule has 8 aliphatic rings. The Morgan fingerprint density at radius 1 is 0.544 bits per heavy atom. The summed E-state index contributed by atoms with van der Waals surface area (Å²) in [6.45, 7) is 2.72. The normalized spacial score (nSPS) is 30.8. The molecule has 0 bridgehead atoms. The Morgan fingerprint density at radius 3 is 1.29 bits per heavy atom. The number of urea groups is 2. The van der Waals surface area contributed by atoms with E-state index < -0.39 is 54.4 Å². The van der Waals surface area contributed by atoms with Crippen LogP contribution in [0.4, 0.5) is 24.0 Å². The Kier molecular flexibility index (Phi) is 18.8. The summed E-state index contributed by atoms with van der Waals surface area (Å²) in [5.74, 6) is -0.351. The van der Waals surface area contributed by atoms with Gasteiger partial charge in [0.1, 0.15) is 24.7 Å². The van der Waals surface area contributed by atoms with Gasteiger partial charge in [0.2, 0.25) is 5.91 Å². The zero-order chi connectivity index (χ0) is 46.8. The van der Waals surface area contributed by atoms with Crippen LogP contribution < -0.4 is 26.8 Å². The first-order valence-electron chi connectivity index (χ1n) is 22.2. The molecule has 25 nitrogen and oxygen atoms in total. The monoisotopic (exact) mass is 1690 g/mol. The maximum Gasteiger partial charge on any atom is 0.408 e. The number of ketones is 1. The molecule has 8 fully saturated rings. The van der Waals surface area contributed by atoms with E-state index in [-0.39, 0.29) is 67.6 Å². The molecule has 9 N–H and O–H groups in total. The van der Waals surface area contributed by atoms with Gasteiger partial charge in [0.15, 0.2) is 5.78 Å². The van der Waals surface area contributed by atoms with E-state index >= 15 is 0 Å². The number of ether oxygens (including phenoxy) is 3. The molecular weight excluding hydrogens is 1630 g/mol. The summed E-state index contributed by atoms with van der Waals surface area (Å²) in [5.41, 5.74) is 5.89. The van der Waals surface area contributed by atoms with Crippen LogP contribution in [0.1, 0.15) is 70.6 Å². The van der Waals surface area contributed by atoms with Crippen molar-refractivity contribution in [3.05, 3.63) is 0 Å². The van der Waals surface area contributed by atoms with Crippen LogP contribution in [-0.2, 0) is 28.6 Å². The molecule has 68 heavy (non-hydrogen) atoms. The SMILES string of the molecule is CNC(=O)C1CCC(CNC(=O)N/N=C2\COC3CCN(C(=O)O)C23)CC1.O=C(NCC1CCC(C(=O)O)CC1)N/N=C1\COC2CCN(C(=O)O)C12.O=C1COC2CCN(C(=O)O)C12.[Fm].[Fm].[Fm]. The van der Waals surface area contributed by atoms with Crippen LogP contribution in [0.25, 0.3) is 0 Å². The largest absolute Gasteiger partial charge is 0.481 e. The van der Waals surface area contributed by atoms with Crippen LogP contribution in [-0.4, -0.2) is 191 Å². The topological polar surface area (TPSA) is 340 Å². The van der Waals surface area contributed by atoms with Crippen LogP contribution in [0.3, 0.4) is 0 Å². The van der Waals surface area contributed by atoms with Gasteiger partial charge in [-0.15, -0.1) is 0 Å². The van der Waals surface area contributed by atoms with Crippen molar-refractivity contribution in [2.45, 2.75) is 107 Å². The van der Waals surface area contributed by atoms with Gasteiger partial charge in [-0.2, -0.15) is 10.2 Å². The molecule has 8 amide bonds. The maximum absolute atomic E-state index is 12.0. The number of carboxylic acids is 1. The number of hydrogen-bond donors (Lipinski definition) is 9. The van der Waals surface area contributed by atoms with Crippen molar-refractivity contribution < 1.29 is 73.0 Å². The average molecular weight is 1690 g/mol. The van der Waals surface area contributed by atoms with Crippen molar-refractivity contribution in [2.75, 3.05) is 59.6 Å². The third-order valence-electron chi connectivity index (χ3n) is 13.5. The van der Waals surface area contributed by atoms with Crippen molar-refractivity contribution in [1.29, 1.82) is 0 Å². The number of carbonyl (C=O) groups is 8. The first-order chi connectivity index (χ1) is 31.1. The molecule has 0 radical (unpaired) electrons. The standard InChI is InChI=1S/C17H27N5O5.C16H24N4O6.C7H9NO4.3Fm/c1-18-15(23)11-4-2-10(3-5-11)8-19-16(24)21-20-12-9-27-13-6-7-22(14(12)13)17(25)26;21-14(22)10-3-1-9(2-4-10)7-17-15(23)19-18-11-8-26-12-5-6-20(13(11)12)16(24)25;9-4-3-12-5-1-2-8(6(4)5)7(10)11;;;/h10-11,13-14H,2-9H2,1H3,(H,18,23)(H,25,26)(H2,19,21,24);9-10,12-13H,1-8H2,(H,21,22)(H,24,25)(H2,17,19,23);5-6H,1-3H2,(H,10,11);;;/b20-12+;18-11+;;;;. The number of hydrogen-bond acceptors (Lipinski definition) is 13. The van der Waals surface area contributed by atoms with Crippen LogP contribution >= 0.6 is 0 Å². The van der Waals surface area contributed by atoms with Gasteiger partial charge in [-0.1, -0.05) is 0 Å². The maximum atomic E-state index is 12.0. The molecule has 28 heteroatoms. The van der Waals surface area contributed by atoms with E-state index in [1.165, 1.54) is 14.7 Å². The molecule has 2 saturated carbocycles. The smallest absolute Gasteiger partial charge is 0.408 e. The number of fused-ring (bicyclic) bond motifs is 3. The molecule has 2 aliphatic carbocycles. The van der Waals surface area contributed by atoms with E-state index in [1.807, 2.05) is 0 Å². The first kappa shape index (κ1) is 53.5. The number of nitrogens with one attached hydrogen (secondary N) is 5. The van der Waals surface area contributed by atoms with Gasteiger partial charge in [0, 0.05) is 45.7 Å². The number of aliphatic carboxylic acids is 1. The van der Waals surface area contributed by atoms with Gasteiger partial charge >= 0.3 is 36.3 Å². The molecule has 6 atom stereocenters. The fraction of sp³-hybridized carbons (Fsp3) is 0.750. The number of nitrogens with zero attached hydrogens (tertiary/aromatic N) is 5. The summed E-state index contributed by atoms with van der Waals surface area (Å²) in [4.78, 5) is 94.5. The van der Waals surface area contributed by atoms with Gasteiger partial charge in [0.05, 0.1) is 48.9 Å². The Balaban J connectivity index is 0.000000281. The number of amides is 8. The quantitative estimate of drug-likeness (QED) is 0.151. The number of Topliss-reactive ketones (excluding diaryl/α,β-unsaturated/α-hetero) is 1. The fourth-order valence-corrected chi connectivity index (χ4v) is 9.90. The first-order valence-corrected chi connectivity index (χ1v) is 22.2. The Hall–Kier alpha value is -8.82. The average Bonchev–Trinajstić information content (AvgIpc) is 4.15. The number of carbonyl (C=O) groups excluding carboxylic acids is 4. The van der Waals surface area contributed by atoms with E-state index in [0.29, 0.717) is 82.2 Å². The predicted molar refractivity (Wildman–Crippen MR) is 224 cm³/mol. The summed E-state index contributed by atoms with van der Waals surface area (Å²) in [5, 5.41) is 52.5. The molecule has 0 aromatic carbocycles. The van der Waals surface area contributed by atoms with Crippen LogP contribution in [0.15, 0.2) is 10.2 Å². The molecule has 6 unspecified atom stereocenters. The van der Waals surface area contributed by atoms with E-state index in [9.17, 15) is 48.6 Å². The minimum absolute atomic E-state index is 0. The summed E-state index contributed by atoms with van der Waals surface area (Å²) in [7, 11) is 1.65. The third-order valence-corrected chi connectivity index (χ3v) is 13.5. The van der Waals surface area contributed by atoms with Gasteiger partial charge in [-0.3, -0.25) is 29.1 Å². The second-order valence-electron chi connectivity index (χ2n) is 17.4. The zero-order valence-corrected chi connectivity index (χ0v) is 44.3. The third kappa shape index (κ3) is 12.7. The van der Waals surface area contributed by atoms with E-state index in [0.717, 1.165) is 38.5 Å². The minimum atomic E-state index is -1.03. The van der Waals surface area contributed by atoms with Crippen molar-refractivity contribution >= 4 is 59.4 Å². The van der Waals surface area contributed by atoms with E-state index in [1.54, 1.807) is 7.05 Å². The molecular formula is C40H60Fm3N10O15. The fourth-order valence-electron chi connectivity index (χ4n) is 9.90. The van der Waals surface area contributed by atoms with Crippen molar-refractivity contribution in [3.63, 3.8) is 0 Å². The number of carboxylic acid groups (broad SMARTS) is 4. The second kappa shape index (κ2) is 23.9. The molecule has 0 spiro atoms. The zero-order valence-electron chi connectivity index (χ0n) is 37.1. The summed E-state index contributed by atoms with van der Waals surface area (Å²) in [6, 6.07) is -2.25. The van der Waals surface area contributed by atoms with Gasteiger partial charge < -0.3 is 50.6 Å². The second-order valence-corrected chi connectivity index (χ2v) is 17.4. The minimum Gasteiger partial charge on any atom is -0.481 e. The number of hydrazone groups is 2.